The van der Waals surface area contributed by atoms with Gasteiger partial charge in [-0.25, -0.2) is 0 Å². The second-order valence-electron chi connectivity index (χ2n) is 5.98. The maximum Gasteiger partial charge on any atom is 0.313 e. The second-order valence-corrected chi connectivity index (χ2v) is 6.38. The lowest BCUT2D eigenvalue weighted by Crippen LogP contribution is -2.36. The number of furan rings is 1. The van der Waals surface area contributed by atoms with Gasteiger partial charge in [0, 0.05) is 29.1 Å². The lowest BCUT2D eigenvalue weighted by Gasteiger charge is -2.09. The fraction of sp³-hybridized carbons (Fsp3) is 0.200. The first-order valence-electron chi connectivity index (χ1n) is 8.36. The Morgan fingerprint density at radius 2 is 1.88 bits per heavy atom. The first-order valence-corrected chi connectivity index (χ1v) is 8.74. The summed E-state index contributed by atoms with van der Waals surface area (Å²) in [6, 6.07) is 14.9. The minimum Gasteiger partial charge on any atom is -0.461 e. The van der Waals surface area contributed by atoms with E-state index >= 15 is 0 Å². The van der Waals surface area contributed by atoms with E-state index in [1.807, 2.05) is 30.3 Å². The van der Waals surface area contributed by atoms with Gasteiger partial charge in [-0.05, 0) is 43.2 Å². The van der Waals surface area contributed by atoms with Crippen molar-refractivity contribution in [1.29, 1.82) is 0 Å². The number of anilines is 1. The zero-order valence-corrected chi connectivity index (χ0v) is 15.1. The maximum absolute atomic E-state index is 12.0. The van der Waals surface area contributed by atoms with Gasteiger partial charge in [0.05, 0.1) is 0 Å². The van der Waals surface area contributed by atoms with E-state index < -0.39 is 11.8 Å². The molecule has 3 aromatic rings. The van der Waals surface area contributed by atoms with Crippen LogP contribution in [0, 0.1) is 6.92 Å². The third-order valence-corrected chi connectivity index (χ3v) is 4.49. The van der Waals surface area contributed by atoms with E-state index in [1.54, 1.807) is 25.1 Å². The van der Waals surface area contributed by atoms with Gasteiger partial charge in [-0.3, -0.25) is 9.59 Å². The molecule has 6 heteroatoms. The zero-order chi connectivity index (χ0) is 18.5. The summed E-state index contributed by atoms with van der Waals surface area (Å²) in [6.07, 6.45) is 1.36. The van der Waals surface area contributed by atoms with Crippen molar-refractivity contribution in [2.45, 2.75) is 19.8 Å². The smallest absolute Gasteiger partial charge is 0.313 e. The number of hydrogen-bond acceptors (Lipinski definition) is 3. The van der Waals surface area contributed by atoms with Crippen LogP contribution in [0.25, 0.3) is 11.0 Å². The fourth-order valence-corrected chi connectivity index (χ4v) is 2.80. The normalized spacial score (nSPS) is 10.7. The van der Waals surface area contributed by atoms with Gasteiger partial charge in [0.15, 0.2) is 0 Å². The summed E-state index contributed by atoms with van der Waals surface area (Å²) in [6.45, 7) is 2.17. The summed E-state index contributed by atoms with van der Waals surface area (Å²) < 4.78 is 5.72. The highest BCUT2D eigenvalue weighted by Gasteiger charge is 2.14. The summed E-state index contributed by atoms with van der Waals surface area (Å²) in [5.41, 5.74) is 2.10. The Labute approximate surface area is 156 Å². The second kappa shape index (κ2) is 8.06. The van der Waals surface area contributed by atoms with E-state index in [9.17, 15) is 9.59 Å². The number of benzene rings is 2. The van der Waals surface area contributed by atoms with Gasteiger partial charge in [-0.1, -0.05) is 35.9 Å². The van der Waals surface area contributed by atoms with Crippen molar-refractivity contribution in [2.75, 3.05) is 11.9 Å². The van der Waals surface area contributed by atoms with Crippen molar-refractivity contribution < 1.29 is 14.0 Å². The average Bonchev–Trinajstić information content (AvgIpc) is 3.05. The molecule has 0 aliphatic heterocycles. The van der Waals surface area contributed by atoms with Crippen LogP contribution in [0.4, 0.5) is 5.69 Å². The molecular formula is C20H19ClN2O3. The molecule has 0 atom stereocenters. The van der Waals surface area contributed by atoms with Crippen LogP contribution in [-0.2, 0) is 16.0 Å². The van der Waals surface area contributed by atoms with Gasteiger partial charge in [0.2, 0.25) is 0 Å². The molecule has 26 heavy (non-hydrogen) atoms. The van der Waals surface area contributed by atoms with E-state index in [4.69, 9.17) is 16.0 Å². The average molecular weight is 371 g/mol. The number of aryl methyl sites for hydroxylation is 1. The topological polar surface area (TPSA) is 71.3 Å². The largest absolute Gasteiger partial charge is 0.461 e. The van der Waals surface area contributed by atoms with Crippen molar-refractivity contribution in [3.63, 3.8) is 0 Å². The molecule has 0 spiro atoms. The van der Waals surface area contributed by atoms with Crippen LogP contribution in [0.2, 0.25) is 5.02 Å². The van der Waals surface area contributed by atoms with Crippen LogP contribution in [0.15, 0.2) is 52.9 Å². The minimum atomic E-state index is -0.709. The molecular weight excluding hydrogens is 352 g/mol. The standard InChI is InChI=1S/C20H19ClN2O3/c1-13-16(21)8-4-9-17(13)23-20(25)19(24)22-11-5-7-15-12-14-6-2-3-10-18(14)26-15/h2-4,6,8-10,12H,5,7,11H2,1H3,(H,22,24)(H,23,25). The number of halogens is 1. The van der Waals surface area contributed by atoms with Crippen LogP contribution < -0.4 is 10.6 Å². The summed E-state index contributed by atoms with van der Waals surface area (Å²) >= 11 is 6.01. The Bertz CT molecular complexity index is 916. The summed E-state index contributed by atoms with van der Waals surface area (Å²) in [7, 11) is 0. The fourth-order valence-electron chi connectivity index (χ4n) is 2.63. The third-order valence-electron chi connectivity index (χ3n) is 4.08. The number of para-hydroxylation sites is 1. The van der Waals surface area contributed by atoms with Crippen LogP contribution in [-0.4, -0.2) is 18.4 Å². The van der Waals surface area contributed by atoms with E-state index in [1.165, 1.54) is 0 Å². The molecule has 0 fully saturated rings. The number of rotatable bonds is 5. The van der Waals surface area contributed by atoms with Gasteiger partial charge in [-0.2, -0.15) is 0 Å². The van der Waals surface area contributed by atoms with Crippen LogP contribution in [0.1, 0.15) is 17.7 Å². The molecule has 0 bridgehead atoms. The van der Waals surface area contributed by atoms with Gasteiger partial charge in [0.25, 0.3) is 0 Å². The SMILES string of the molecule is Cc1c(Cl)cccc1NC(=O)C(=O)NCCCc1cc2ccccc2o1. The number of fused-ring (bicyclic) bond motifs is 1. The molecule has 0 unspecified atom stereocenters. The number of nitrogens with one attached hydrogen (secondary N) is 2. The Balaban J connectivity index is 1.46. The minimum absolute atomic E-state index is 0.387. The quantitative estimate of drug-likeness (QED) is 0.525. The van der Waals surface area contributed by atoms with Gasteiger partial charge < -0.3 is 15.1 Å². The molecule has 134 valence electrons. The number of carbonyl (C=O) groups is 2. The van der Waals surface area contributed by atoms with Crippen molar-refractivity contribution in [3.8, 4) is 0 Å². The Hall–Kier alpha value is -2.79. The Morgan fingerprint density at radius 3 is 2.69 bits per heavy atom. The molecule has 2 amide bonds. The Morgan fingerprint density at radius 1 is 1.08 bits per heavy atom. The maximum atomic E-state index is 12.0. The summed E-state index contributed by atoms with van der Waals surface area (Å²) in [4.78, 5) is 23.9. The lowest BCUT2D eigenvalue weighted by atomic mass is 10.2. The predicted octanol–water partition coefficient (Wildman–Crippen LogP) is 4.08. The first kappa shape index (κ1) is 18.0. The van der Waals surface area contributed by atoms with Gasteiger partial charge in [-0.15, -0.1) is 0 Å². The highest BCUT2D eigenvalue weighted by Crippen LogP contribution is 2.23. The molecule has 2 N–H and O–H groups in total. The van der Waals surface area contributed by atoms with Crippen LogP contribution >= 0.6 is 11.6 Å². The molecule has 0 saturated carbocycles. The van der Waals surface area contributed by atoms with Crippen LogP contribution in [0.3, 0.4) is 0 Å². The molecule has 0 aliphatic carbocycles. The lowest BCUT2D eigenvalue weighted by molar-refractivity contribution is -0.136. The van der Waals surface area contributed by atoms with Crippen molar-refractivity contribution in [1.82, 2.24) is 5.32 Å². The first-order chi connectivity index (χ1) is 12.5. The van der Waals surface area contributed by atoms with Gasteiger partial charge >= 0.3 is 11.8 Å². The van der Waals surface area contributed by atoms with Crippen molar-refractivity contribution in [2.24, 2.45) is 0 Å². The molecule has 0 saturated heterocycles. The van der Waals surface area contributed by atoms with E-state index in [2.05, 4.69) is 10.6 Å². The molecule has 1 aromatic heterocycles. The number of hydrogen-bond donors (Lipinski definition) is 2. The number of amides is 2. The molecule has 2 aromatic carbocycles. The highest BCUT2D eigenvalue weighted by atomic mass is 35.5. The van der Waals surface area contributed by atoms with Crippen molar-refractivity contribution in [3.05, 3.63) is 64.9 Å². The molecule has 0 radical (unpaired) electrons. The van der Waals surface area contributed by atoms with Gasteiger partial charge in [0.1, 0.15) is 11.3 Å². The van der Waals surface area contributed by atoms with E-state index in [0.29, 0.717) is 30.1 Å². The Kier molecular flexibility index (Phi) is 5.58. The van der Waals surface area contributed by atoms with Crippen molar-refractivity contribution >= 4 is 40.1 Å². The van der Waals surface area contributed by atoms with E-state index in [0.717, 1.165) is 22.3 Å². The molecule has 5 nitrogen and oxygen atoms in total. The number of carbonyl (C=O) groups excluding carboxylic acids is 2. The van der Waals surface area contributed by atoms with E-state index in [-0.39, 0.29) is 0 Å². The molecule has 1 heterocycles. The zero-order valence-electron chi connectivity index (χ0n) is 14.3. The predicted molar refractivity (Wildman–Crippen MR) is 102 cm³/mol. The van der Waals surface area contributed by atoms with Crippen LogP contribution in [0.5, 0.6) is 0 Å². The monoisotopic (exact) mass is 370 g/mol. The highest BCUT2D eigenvalue weighted by molar-refractivity contribution is 6.40. The molecule has 3 rings (SSSR count). The third kappa shape index (κ3) is 4.24. The summed E-state index contributed by atoms with van der Waals surface area (Å²) in [5, 5.41) is 6.78. The molecule has 0 aliphatic rings. The summed E-state index contributed by atoms with van der Waals surface area (Å²) in [5.74, 6) is -0.521.